The minimum Gasteiger partial charge on any atom is -0.414 e. The molecule has 6 aliphatic rings. The highest BCUT2D eigenvalue weighted by Gasteiger charge is 2.61. The molecular formula is C62H98O17Si2. The number of rotatable bonds is 23. The van der Waals surface area contributed by atoms with Gasteiger partial charge in [0.1, 0.15) is 73.9 Å². The summed E-state index contributed by atoms with van der Waals surface area (Å²) in [4.78, 5) is 15.7. The molecule has 6 saturated heterocycles. The SMILES string of the molecule is COCO[C@H](/C=C/C(=O)[C@@H](OCc1ccccc1)[C@@H](O[Si](C)(C)C(C)(C)C)[C@H]1C[C@H]2OC(C)(C)O[C@H]2[C@H]([C@H]2OC(C)(C)O[C@@H]2COCc2ccccc2)O1)[C@H]1C[C@H]2OC(C)(C)O[C@H]2[C@H]([C@H]2OC(C)(C)O[C@@H]2CO[Si](C)(C)C(C)(C)C)O1. The molecule has 6 heterocycles. The summed E-state index contributed by atoms with van der Waals surface area (Å²) in [6, 6.07) is 19.8. The Labute approximate surface area is 485 Å². The van der Waals surface area contributed by atoms with E-state index in [1.54, 1.807) is 13.2 Å². The maximum Gasteiger partial charge on any atom is 0.192 e. The molecule has 81 heavy (non-hydrogen) atoms. The number of hydrogen-bond donors (Lipinski definition) is 0. The van der Waals surface area contributed by atoms with Crippen LogP contribution in [0.1, 0.15) is 121 Å². The lowest BCUT2D eigenvalue weighted by atomic mass is 9.88. The van der Waals surface area contributed by atoms with Gasteiger partial charge in [0.15, 0.2) is 45.6 Å². The molecule has 17 nitrogen and oxygen atoms in total. The van der Waals surface area contributed by atoms with Crippen LogP contribution >= 0.6 is 0 Å². The van der Waals surface area contributed by atoms with E-state index in [0.717, 1.165) is 11.1 Å². The molecule has 6 fully saturated rings. The topological polar surface area (TPSA) is 165 Å². The van der Waals surface area contributed by atoms with Gasteiger partial charge in [-0.2, -0.15) is 0 Å². The van der Waals surface area contributed by atoms with Crippen molar-refractivity contribution in [3.05, 3.63) is 83.9 Å². The number of methoxy groups -OCH3 is 1. The zero-order valence-electron chi connectivity index (χ0n) is 52.0. The van der Waals surface area contributed by atoms with Gasteiger partial charge in [-0.3, -0.25) is 4.79 Å². The zero-order chi connectivity index (χ0) is 59.1. The van der Waals surface area contributed by atoms with E-state index >= 15 is 4.79 Å². The fourth-order valence-corrected chi connectivity index (χ4v) is 13.6. The van der Waals surface area contributed by atoms with Crippen LogP contribution in [0.3, 0.4) is 0 Å². The molecule has 456 valence electrons. The first-order chi connectivity index (χ1) is 37.7. The fourth-order valence-electron chi connectivity index (χ4n) is 11.3. The van der Waals surface area contributed by atoms with Gasteiger partial charge in [0.25, 0.3) is 0 Å². The van der Waals surface area contributed by atoms with Gasteiger partial charge in [0, 0.05) is 20.0 Å². The molecular weight excluding hydrogens is 1070 g/mol. The third kappa shape index (κ3) is 16.0. The van der Waals surface area contributed by atoms with E-state index in [-0.39, 0.29) is 35.9 Å². The lowest BCUT2D eigenvalue weighted by Crippen LogP contribution is -2.61. The normalized spacial score (nSPS) is 33.1. The van der Waals surface area contributed by atoms with Crippen molar-refractivity contribution in [2.24, 2.45) is 0 Å². The number of ether oxygens (including phenoxy) is 14. The second-order valence-electron chi connectivity index (χ2n) is 27.7. The van der Waals surface area contributed by atoms with Gasteiger partial charge in [-0.15, -0.1) is 0 Å². The molecule has 0 N–H and O–H groups in total. The molecule has 2 aromatic carbocycles. The smallest absolute Gasteiger partial charge is 0.192 e. The average Bonchev–Trinajstić information content (AvgIpc) is 4.22. The van der Waals surface area contributed by atoms with Gasteiger partial charge in [-0.05, 0) is 115 Å². The zero-order valence-corrected chi connectivity index (χ0v) is 54.0. The Morgan fingerprint density at radius 3 is 1.54 bits per heavy atom. The quantitative estimate of drug-likeness (QED) is 0.0586. The molecule has 0 amide bonds. The Bertz CT molecular complexity index is 2390. The first-order valence-corrected chi connectivity index (χ1v) is 35.1. The second kappa shape index (κ2) is 25.2. The Kier molecular flexibility index (Phi) is 20.1. The van der Waals surface area contributed by atoms with E-state index in [0.29, 0.717) is 26.1 Å². The number of hydrogen-bond acceptors (Lipinski definition) is 17. The van der Waals surface area contributed by atoms with Crippen molar-refractivity contribution in [1.82, 2.24) is 0 Å². The Morgan fingerprint density at radius 1 is 0.580 bits per heavy atom. The molecule has 6 aliphatic heterocycles. The van der Waals surface area contributed by atoms with E-state index in [2.05, 4.69) is 67.7 Å². The predicted molar refractivity (Wildman–Crippen MR) is 309 cm³/mol. The van der Waals surface area contributed by atoms with Gasteiger partial charge in [0.05, 0.1) is 50.8 Å². The van der Waals surface area contributed by atoms with E-state index in [1.807, 2.05) is 116 Å². The molecule has 0 bridgehead atoms. The number of ketones is 1. The van der Waals surface area contributed by atoms with Crippen LogP contribution < -0.4 is 0 Å². The van der Waals surface area contributed by atoms with Crippen LogP contribution in [0.2, 0.25) is 36.3 Å². The maximum absolute atomic E-state index is 15.7. The van der Waals surface area contributed by atoms with Crippen LogP contribution in [0.4, 0.5) is 0 Å². The van der Waals surface area contributed by atoms with Crippen LogP contribution in [0, 0.1) is 0 Å². The van der Waals surface area contributed by atoms with E-state index in [1.165, 1.54) is 6.08 Å². The largest absolute Gasteiger partial charge is 0.414 e. The van der Waals surface area contributed by atoms with Crippen molar-refractivity contribution < 1.29 is 80.0 Å². The highest BCUT2D eigenvalue weighted by atomic mass is 28.4. The summed E-state index contributed by atoms with van der Waals surface area (Å²) in [5.41, 5.74) is 1.92. The number of carbonyl (C=O) groups is 1. The van der Waals surface area contributed by atoms with Crippen molar-refractivity contribution in [1.29, 1.82) is 0 Å². The van der Waals surface area contributed by atoms with E-state index < -0.39 is 131 Å². The van der Waals surface area contributed by atoms with Crippen molar-refractivity contribution in [2.45, 2.75) is 274 Å². The van der Waals surface area contributed by atoms with Gasteiger partial charge in [-0.25, -0.2) is 0 Å². The molecule has 2 aromatic rings. The van der Waals surface area contributed by atoms with Crippen molar-refractivity contribution >= 4 is 22.4 Å². The lowest BCUT2D eigenvalue weighted by Gasteiger charge is -2.47. The standard InChI is InChI=1S/C62H98O17Si2/c1-57(2,3)80(16,17)68-37-48-53(78-62(13,14)74-48)55-50-45(71-59(7,8)75-50)32-43(69-55)42(67-38-64-15)31-30-41(63)49(66-35-40-28-24-21-25-29-40)54(79-81(18,19)58(4,5)6)44-33-46-51(76-60(9,10)72-46)56(70-44)52-47(73-61(11,12)77-52)36-65-34-39-26-22-20-23-27-39/h20-31,42-56H,32-38H2,1-19H3/b31-30+/t42-,43-,44-,45-,46-,47-,48-,49-,50-,51-,52+,53+,54+,55-,56-/m1/s1. The second-order valence-corrected chi connectivity index (χ2v) is 37.3. The number of fused-ring (bicyclic) bond motifs is 2. The van der Waals surface area contributed by atoms with Crippen molar-refractivity contribution in [3.8, 4) is 0 Å². The van der Waals surface area contributed by atoms with Crippen LogP contribution in [-0.2, 0) is 93.2 Å². The Hall–Kier alpha value is -2.36. The maximum atomic E-state index is 15.7. The highest BCUT2D eigenvalue weighted by Crippen LogP contribution is 2.48. The minimum atomic E-state index is -2.75. The van der Waals surface area contributed by atoms with Gasteiger partial charge >= 0.3 is 0 Å². The summed E-state index contributed by atoms with van der Waals surface area (Å²) in [6.45, 7) is 38.1. The minimum absolute atomic E-state index is 0.0232. The van der Waals surface area contributed by atoms with Gasteiger partial charge in [0.2, 0.25) is 0 Å². The molecule has 0 aliphatic carbocycles. The number of benzene rings is 2. The Balaban J connectivity index is 1.13. The first-order valence-electron chi connectivity index (χ1n) is 29.3. The molecule has 15 atom stereocenters. The summed E-state index contributed by atoms with van der Waals surface area (Å²) in [5.74, 6) is -4.14. The summed E-state index contributed by atoms with van der Waals surface area (Å²) in [6.07, 6.45) is -5.99. The number of carbonyl (C=O) groups excluding carboxylic acids is 1. The molecule has 8 rings (SSSR count). The predicted octanol–water partition coefficient (Wildman–Crippen LogP) is 10.7. The van der Waals surface area contributed by atoms with Crippen molar-refractivity contribution in [3.63, 3.8) is 0 Å². The first kappa shape index (κ1) is 64.6. The third-order valence-electron chi connectivity index (χ3n) is 17.2. The summed E-state index contributed by atoms with van der Waals surface area (Å²) < 4.78 is 108. The summed E-state index contributed by atoms with van der Waals surface area (Å²) in [7, 11) is -3.38. The molecule has 0 saturated carbocycles. The molecule has 0 radical (unpaired) electrons. The van der Waals surface area contributed by atoms with Gasteiger partial charge < -0.3 is 75.2 Å². The fraction of sp³-hybridized carbons (Fsp3) is 0.758. The van der Waals surface area contributed by atoms with Crippen LogP contribution in [-0.4, -0.2) is 164 Å². The van der Waals surface area contributed by atoms with E-state index in [9.17, 15) is 0 Å². The monoisotopic (exact) mass is 1170 g/mol. The highest BCUT2D eigenvalue weighted by molar-refractivity contribution is 6.74. The van der Waals surface area contributed by atoms with Crippen LogP contribution in [0.5, 0.6) is 0 Å². The van der Waals surface area contributed by atoms with Crippen LogP contribution in [0.25, 0.3) is 0 Å². The summed E-state index contributed by atoms with van der Waals surface area (Å²) in [5, 5.41) is -0.302. The molecule has 0 spiro atoms. The van der Waals surface area contributed by atoms with E-state index in [4.69, 9.17) is 75.2 Å². The average molecular weight is 1170 g/mol. The Morgan fingerprint density at radius 2 is 1.04 bits per heavy atom. The van der Waals surface area contributed by atoms with Crippen LogP contribution in [0.15, 0.2) is 72.8 Å². The summed E-state index contributed by atoms with van der Waals surface area (Å²) >= 11 is 0. The third-order valence-corrected chi connectivity index (χ3v) is 26.2. The molecule has 0 unspecified atom stereocenters. The lowest BCUT2D eigenvalue weighted by molar-refractivity contribution is -0.224. The van der Waals surface area contributed by atoms with Gasteiger partial charge in [-0.1, -0.05) is 102 Å². The molecule has 19 heteroatoms. The van der Waals surface area contributed by atoms with Crippen molar-refractivity contribution in [2.75, 3.05) is 27.1 Å². The molecule has 0 aromatic heterocycles.